The Morgan fingerprint density at radius 2 is 2.15 bits per heavy atom. The van der Waals surface area contributed by atoms with Crippen molar-refractivity contribution in [2.45, 2.75) is 25.7 Å². The Morgan fingerprint density at radius 3 is 2.90 bits per heavy atom. The lowest BCUT2D eigenvalue weighted by molar-refractivity contribution is -0.130. The van der Waals surface area contributed by atoms with Crippen LogP contribution in [0.2, 0.25) is 0 Å². The molecule has 0 N–H and O–H groups in total. The summed E-state index contributed by atoms with van der Waals surface area (Å²) in [5.41, 5.74) is 1.89. The first-order valence-corrected chi connectivity index (χ1v) is 7.84. The molecule has 5 heteroatoms. The Bertz CT molecular complexity index is 576. The number of hydrogen-bond donors (Lipinski definition) is 0. The molecule has 4 nitrogen and oxygen atoms in total. The standard InChI is InChI=1S/C15H17N3OS/c19-14(18-9-3-4-10-18)7-6-12-11-20-15(17-12)13-5-1-2-8-16-13/h1-2,5,8,11H,3-4,6-7,9-10H2. The van der Waals surface area contributed by atoms with Crippen molar-refractivity contribution in [1.82, 2.24) is 14.9 Å². The highest BCUT2D eigenvalue weighted by Gasteiger charge is 2.17. The average Bonchev–Trinajstić information content (AvgIpc) is 3.17. The average molecular weight is 287 g/mol. The van der Waals surface area contributed by atoms with Crippen molar-refractivity contribution >= 4 is 17.2 Å². The van der Waals surface area contributed by atoms with Gasteiger partial charge in [-0.1, -0.05) is 6.07 Å². The van der Waals surface area contributed by atoms with Gasteiger partial charge >= 0.3 is 0 Å². The summed E-state index contributed by atoms with van der Waals surface area (Å²) in [4.78, 5) is 22.8. The number of rotatable bonds is 4. The lowest BCUT2D eigenvalue weighted by Crippen LogP contribution is -2.27. The van der Waals surface area contributed by atoms with E-state index in [1.54, 1.807) is 17.5 Å². The topological polar surface area (TPSA) is 46.1 Å². The number of likely N-dealkylation sites (tertiary alicyclic amines) is 1. The Labute approximate surface area is 122 Å². The lowest BCUT2D eigenvalue weighted by atomic mass is 10.2. The minimum absolute atomic E-state index is 0.259. The highest BCUT2D eigenvalue weighted by molar-refractivity contribution is 7.13. The number of thiazole rings is 1. The fourth-order valence-corrected chi connectivity index (χ4v) is 3.22. The van der Waals surface area contributed by atoms with Crippen LogP contribution in [0.25, 0.3) is 10.7 Å². The molecule has 0 spiro atoms. The number of aryl methyl sites for hydroxylation is 1. The first kappa shape index (κ1) is 13.2. The van der Waals surface area contributed by atoms with E-state index in [1.807, 2.05) is 28.5 Å². The van der Waals surface area contributed by atoms with Gasteiger partial charge in [-0.05, 0) is 31.4 Å². The van der Waals surface area contributed by atoms with Crippen molar-refractivity contribution in [3.63, 3.8) is 0 Å². The molecular weight excluding hydrogens is 270 g/mol. The third kappa shape index (κ3) is 3.04. The molecule has 1 aliphatic heterocycles. The van der Waals surface area contributed by atoms with E-state index in [9.17, 15) is 4.79 Å². The van der Waals surface area contributed by atoms with E-state index >= 15 is 0 Å². The minimum atomic E-state index is 0.259. The molecule has 0 aliphatic carbocycles. The van der Waals surface area contributed by atoms with Gasteiger partial charge < -0.3 is 4.90 Å². The SMILES string of the molecule is O=C(CCc1csc(-c2ccccn2)n1)N1CCCC1. The Kier molecular flexibility index (Phi) is 4.06. The van der Waals surface area contributed by atoms with E-state index in [0.29, 0.717) is 6.42 Å². The summed E-state index contributed by atoms with van der Waals surface area (Å²) in [6.07, 6.45) is 5.34. The zero-order chi connectivity index (χ0) is 13.8. The highest BCUT2D eigenvalue weighted by atomic mass is 32.1. The van der Waals surface area contributed by atoms with Crippen molar-refractivity contribution in [2.75, 3.05) is 13.1 Å². The van der Waals surface area contributed by atoms with Gasteiger partial charge in [-0.25, -0.2) is 4.98 Å². The molecule has 1 saturated heterocycles. The summed E-state index contributed by atoms with van der Waals surface area (Å²) < 4.78 is 0. The molecule has 0 unspecified atom stereocenters. The van der Waals surface area contributed by atoms with Crippen LogP contribution in [0.4, 0.5) is 0 Å². The van der Waals surface area contributed by atoms with Gasteiger partial charge in [0.05, 0.1) is 11.4 Å². The van der Waals surface area contributed by atoms with Crippen LogP contribution >= 0.6 is 11.3 Å². The Morgan fingerprint density at radius 1 is 1.30 bits per heavy atom. The van der Waals surface area contributed by atoms with Crippen LogP contribution in [0.3, 0.4) is 0 Å². The summed E-state index contributed by atoms with van der Waals surface area (Å²) in [6.45, 7) is 1.85. The van der Waals surface area contributed by atoms with E-state index in [2.05, 4.69) is 9.97 Å². The van der Waals surface area contributed by atoms with Crippen molar-refractivity contribution < 1.29 is 4.79 Å². The van der Waals surface area contributed by atoms with Crippen LogP contribution in [0.1, 0.15) is 25.0 Å². The predicted octanol–water partition coefficient (Wildman–Crippen LogP) is 2.76. The summed E-state index contributed by atoms with van der Waals surface area (Å²) in [5.74, 6) is 0.259. The van der Waals surface area contributed by atoms with Crippen LogP contribution in [-0.2, 0) is 11.2 Å². The second kappa shape index (κ2) is 6.13. The maximum absolute atomic E-state index is 12.0. The van der Waals surface area contributed by atoms with Crippen LogP contribution in [0.5, 0.6) is 0 Å². The van der Waals surface area contributed by atoms with E-state index in [0.717, 1.165) is 48.7 Å². The third-order valence-corrected chi connectivity index (χ3v) is 4.40. The quantitative estimate of drug-likeness (QED) is 0.868. The van der Waals surface area contributed by atoms with Gasteiger partial charge in [0, 0.05) is 31.1 Å². The lowest BCUT2D eigenvalue weighted by Gasteiger charge is -2.14. The van der Waals surface area contributed by atoms with Crippen LogP contribution in [0, 0.1) is 0 Å². The maximum Gasteiger partial charge on any atom is 0.222 e. The van der Waals surface area contributed by atoms with Gasteiger partial charge in [-0.15, -0.1) is 11.3 Å². The van der Waals surface area contributed by atoms with E-state index in [-0.39, 0.29) is 5.91 Å². The summed E-state index contributed by atoms with van der Waals surface area (Å²) in [6, 6.07) is 5.81. The number of pyridine rings is 1. The Hall–Kier alpha value is -1.75. The van der Waals surface area contributed by atoms with Crippen LogP contribution < -0.4 is 0 Å². The molecule has 2 aromatic rings. The van der Waals surface area contributed by atoms with Crippen molar-refractivity contribution in [3.05, 3.63) is 35.5 Å². The maximum atomic E-state index is 12.0. The molecule has 0 saturated carbocycles. The predicted molar refractivity (Wildman–Crippen MR) is 79.5 cm³/mol. The monoisotopic (exact) mass is 287 g/mol. The van der Waals surface area contributed by atoms with Crippen LogP contribution in [0.15, 0.2) is 29.8 Å². The molecule has 1 fully saturated rings. The fourth-order valence-electron chi connectivity index (χ4n) is 2.39. The van der Waals surface area contributed by atoms with Crippen molar-refractivity contribution in [1.29, 1.82) is 0 Å². The number of carbonyl (C=O) groups excluding carboxylic acids is 1. The largest absolute Gasteiger partial charge is 0.343 e. The summed E-state index contributed by atoms with van der Waals surface area (Å²) >= 11 is 1.59. The second-order valence-electron chi connectivity index (χ2n) is 4.95. The molecule has 0 atom stereocenters. The zero-order valence-corrected chi connectivity index (χ0v) is 12.1. The van der Waals surface area contributed by atoms with Gasteiger partial charge in [0.1, 0.15) is 5.01 Å². The van der Waals surface area contributed by atoms with E-state index in [4.69, 9.17) is 0 Å². The molecule has 1 amide bonds. The minimum Gasteiger partial charge on any atom is -0.343 e. The highest BCUT2D eigenvalue weighted by Crippen LogP contribution is 2.22. The van der Waals surface area contributed by atoms with Gasteiger partial charge in [0.2, 0.25) is 5.91 Å². The van der Waals surface area contributed by atoms with E-state index < -0.39 is 0 Å². The Balaban J connectivity index is 1.59. The van der Waals surface area contributed by atoms with E-state index in [1.165, 1.54) is 0 Å². The van der Waals surface area contributed by atoms with Crippen molar-refractivity contribution in [2.24, 2.45) is 0 Å². The molecule has 0 radical (unpaired) electrons. The molecule has 3 rings (SSSR count). The number of carbonyl (C=O) groups is 1. The zero-order valence-electron chi connectivity index (χ0n) is 11.3. The molecular formula is C15H17N3OS. The molecule has 0 bridgehead atoms. The number of amides is 1. The van der Waals surface area contributed by atoms with Crippen molar-refractivity contribution in [3.8, 4) is 10.7 Å². The molecule has 1 aliphatic rings. The molecule has 0 aromatic carbocycles. The van der Waals surface area contributed by atoms with Crippen LogP contribution in [-0.4, -0.2) is 33.9 Å². The number of hydrogen-bond acceptors (Lipinski definition) is 4. The summed E-state index contributed by atoms with van der Waals surface area (Å²) in [7, 11) is 0. The second-order valence-corrected chi connectivity index (χ2v) is 5.80. The van der Waals surface area contributed by atoms with Gasteiger partial charge in [-0.3, -0.25) is 9.78 Å². The van der Waals surface area contributed by atoms with Gasteiger partial charge in [0.15, 0.2) is 0 Å². The molecule has 104 valence electrons. The number of aromatic nitrogens is 2. The van der Waals surface area contributed by atoms with Gasteiger partial charge in [0.25, 0.3) is 0 Å². The summed E-state index contributed by atoms with van der Waals surface area (Å²) in [5, 5.41) is 2.95. The molecule has 3 heterocycles. The normalized spacial score (nSPS) is 14.7. The molecule has 20 heavy (non-hydrogen) atoms. The number of nitrogens with zero attached hydrogens (tertiary/aromatic N) is 3. The smallest absolute Gasteiger partial charge is 0.222 e. The molecule has 2 aromatic heterocycles. The fraction of sp³-hybridized carbons (Fsp3) is 0.400. The third-order valence-electron chi connectivity index (χ3n) is 3.49. The first-order valence-electron chi connectivity index (χ1n) is 6.96. The van der Waals surface area contributed by atoms with Gasteiger partial charge in [-0.2, -0.15) is 0 Å². The first-order chi connectivity index (χ1) is 9.83.